The average Bonchev–Trinajstić information content (AvgIpc) is 3.05. The second-order valence-electron chi connectivity index (χ2n) is 6.36. The van der Waals surface area contributed by atoms with Crippen molar-refractivity contribution in [2.24, 2.45) is 12.0 Å². The van der Waals surface area contributed by atoms with Crippen molar-refractivity contribution in [1.29, 1.82) is 0 Å². The van der Waals surface area contributed by atoms with Crippen molar-refractivity contribution in [2.75, 3.05) is 26.7 Å². The predicted octanol–water partition coefficient (Wildman–Crippen LogP) is 1.95. The molecule has 0 aliphatic carbocycles. The van der Waals surface area contributed by atoms with Gasteiger partial charge in [0.1, 0.15) is 5.75 Å². The maximum Gasteiger partial charge on any atom is 0.251 e. The van der Waals surface area contributed by atoms with E-state index in [1.165, 1.54) is 11.8 Å². The van der Waals surface area contributed by atoms with Gasteiger partial charge >= 0.3 is 0 Å². The number of carbonyl (C=O) groups excluding carboxylic acids is 1. The molecule has 0 fully saturated rings. The number of hydrogen-bond donors (Lipinski definition) is 3. The molecule has 2 aromatic rings. The number of guanidine groups is 1. The van der Waals surface area contributed by atoms with Crippen LogP contribution in [-0.2, 0) is 13.6 Å². The summed E-state index contributed by atoms with van der Waals surface area (Å²) in [5, 5.41) is 15.6. The number of nitrogens with one attached hydrogen (secondary N) is 2. The molecule has 0 aliphatic rings. The van der Waals surface area contributed by atoms with Crippen LogP contribution in [-0.4, -0.2) is 53.1 Å². The van der Waals surface area contributed by atoms with Crippen LogP contribution in [0.5, 0.6) is 5.75 Å². The Bertz CT molecular complexity index is 769. The molecule has 0 bridgehead atoms. The second-order valence-corrected chi connectivity index (χ2v) is 6.36. The van der Waals surface area contributed by atoms with E-state index < -0.39 is 0 Å². The summed E-state index contributed by atoms with van der Waals surface area (Å²) in [6, 6.07) is 10.4. The van der Waals surface area contributed by atoms with E-state index in [-0.39, 0.29) is 11.7 Å². The zero-order valence-electron chi connectivity index (χ0n) is 16.3. The van der Waals surface area contributed by atoms with Crippen LogP contribution in [0.2, 0.25) is 0 Å². The number of aliphatic imine (C=N–C) groups is 1. The number of phenols is 1. The summed E-state index contributed by atoms with van der Waals surface area (Å²) in [5.41, 5.74) is 1.66. The minimum absolute atomic E-state index is 0.0868. The molecule has 1 aromatic carbocycles. The van der Waals surface area contributed by atoms with E-state index in [1.54, 1.807) is 18.2 Å². The van der Waals surface area contributed by atoms with E-state index in [4.69, 9.17) is 0 Å². The normalized spacial score (nSPS) is 11.3. The van der Waals surface area contributed by atoms with Gasteiger partial charge in [0.25, 0.3) is 5.91 Å². The first-order valence-corrected chi connectivity index (χ1v) is 9.18. The molecule has 0 saturated carbocycles. The van der Waals surface area contributed by atoms with Crippen LogP contribution in [0.25, 0.3) is 0 Å². The molecular formula is C20H29N5O2. The summed E-state index contributed by atoms with van der Waals surface area (Å²) in [6.07, 6.45) is 2.76. The maximum absolute atomic E-state index is 12.0. The lowest BCUT2D eigenvalue weighted by Crippen LogP contribution is -2.39. The van der Waals surface area contributed by atoms with Crippen LogP contribution < -0.4 is 10.6 Å². The zero-order chi connectivity index (χ0) is 19.6. The number of aromatic hydroxyl groups is 1. The van der Waals surface area contributed by atoms with E-state index in [0.29, 0.717) is 18.7 Å². The highest BCUT2D eigenvalue weighted by atomic mass is 16.3. The van der Waals surface area contributed by atoms with Crippen molar-refractivity contribution in [3.05, 3.63) is 53.9 Å². The minimum Gasteiger partial charge on any atom is -0.508 e. The van der Waals surface area contributed by atoms with Crippen LogP contribution in [0.15, 0.2) is 47.6 Å². The fourth-order valence-corrected chi connectivity index (χ4v) is 2.66. The molecule has 146 valence electrons. The Balaban J connectivity index is 1.80. The quantitative estimate of drug-likeness (QED) is 0.376. The number of aromatic nitrogens is 1. The first kappa shape index (κ1) is 20.4. The molecule has 0 aliphatic heterocycles. The van der Waals surface area contributed by atoms with Crippen LogP contribution in [0.1, 0.15) is 29.4 Å². The number of phenolic OH excluding ortho intramolecular Hbond substituents is 1. The Hall–Kier alpha value is -2.96. The molecule has 3 N–H and O–H groups in total. The summed E-state index contributed by atoms with van der Waals surface area (Å²) >= 11 is 0. The molecule has 0 atom stereocenters. The van der Waals surface area contributed by atoms with Crippen molar-refractivity contribution >= 4 is 11.9 Å². The van der Waals surface area contributed by atoms with Crippen molar-refractivity contribution in [1.82, 2.24) is 20.1 Å². The number of hydrogen-bond acceptors (Lipinski definition) is 3. The first-order valence-electron chi connectivity index (χ1n) is 9.18. The Morgan fingerprint density at radius 1 is 1.26 bits per heavy atom. The molecule has 1 heterocycles. The highest BCUT2D eigenvalue weighted by molar-refractivity contribution is 5.94. The average molecular weight is 371 g/mol. The Morgan fingerprint density at radius 2 is 2.07 bits per heavy atom. The van der Waals surface area contributed by atoms with Crippen LogP contribution >= 0.6 is 0 Å². The van der Waals surface area contributed by atoms with E-state index >= 15 is 0 Å². The summed E-state index contributed by atoms with van der Waals surface area (Å²) in [5.74, 6) is 0.740. The molecule has 1 aromatic heterocycles. The SMILES string of the molecule is CCNC(=NCCCNC(=O)c1cccc(O)c1)N(C)Cc1cccn1C. The largest absolute Gasteiger partial charge is 0.508 e. The van der Waals surface area contributed by atoms with E-state index in [2.05, 4.69) is 31.2 Å². The molecule has 27 heavy (non-hydrogen) atoms. The smallest absolute Gasteiger partial charge is 0.251 e. The summed E-state index contributed by atoms with van der Waals surface area (Å²) < 4.78 is 2.09. The van der Waals surface area contributed by atoms with Crippen molar-refractivity contribution in [2.45, 2.75) is 19.9 Å². The van der Waals surface area contributed by atoms with Gasteiger partial charge in [-0.05, 0) is 43.7 Å². The lowest BCUT2D eigenvalue weighted by Gasteiger charge is -2.22. The van der Waals surface area contributed by atoms with Crippen LogP contribution in [0, 0.1) is 0 Å². The maximum atomic E-state index is 12.0. The number of rotatable bonds is 8. The Labute approximate surface area is 160 Å². The predicted molar refractivity (Wildman–Crippen MR) is 108 cm³/mol. The Morgan fingerprint density at radius 3 is 2.74 bits per heavy atom. The first-order chi connectivity index (χ1) is 13.0. The van der Waals surface area contributed by atoms with Gasteiger partial charge in [0.05, 0.1) is 6.54 Å². The van der Waals surface area contributed by atoms with Gasteiger partial charge in [0, 0.05) is 51.2 Å². The van der Waals surface area contributed by atoms with Gasteiger partial charge in [-0.2, -0.15) is 0 Å². The number of nitrogens with zero attached hydrogens (tertiary/aromatic N) is 3. The Kier molecular flexibility index (Phi) is 7.73. The number of benzene rings is 1. The third-order valence-corrected chi connectivity index (χ3v) is 4.14. The molecule has 0 radical (unpaired) electrons. The van der Waals surface area contributed by atoms with Gasteiger partial charge in [-0.15, -0.1) is 0 Å². The fraction of sp³-hybridized carbons (Fsp3) is 0.400. The molecule has 7 heteroatoms. The van der Waals surface area contributed by atoms with Crippen LogP contribution in [0.4, 0.5) is 0 Å². The molecule has 1 amide bonds. The van der Waals surface area contributed by atoms with Gasteiger partial charge in [-0.1, -0.05) is 6.07 Å². The molecular weight excluding hydrogens is 342 g/mol. The van der Waals surface area contributed by atoms with Gasteiger partial charge in [0.15, 0.2) is 5.96 Å². The van der Waals surface area contributed by atoms with Crippen LogP contribution in [0.3, 0.4) is 0 Å². The number of amides is 1. The van der Waals surface area contributed by atoms with E-state index in [0.717, 1.165) is 25.5 Å². The summed E-state index contributed by atoms with van der Waals surface area (Å²) in [7, 11) is 4.04. The van der Waals surface area contributed by atoms with Crippen molar-refractivity contribution < 1.29 is 9.90 Å². The molecule has 0 spiro atoms. The molecule has 2 rings (SSSR count). The molecule has 7 nitrogen and oxygen atoms in total. The summed E-state index contributed by atoms with van der Waals surface area (Å²) in [6.45, 7) is 4.74. The van der Waals surface area contributed by atoms with E-state index in [9.17, 15) is 9.90 Å². The standard InChI is InChI=1S/C20H29N5O2/c1-4-21-20(25(3)15-17-9-6-13-24(17)2)23-12-7-11-22-19(27)16-8-5-10-18(26)14-16/h5-6,8-10,13-14,26H,4,7,11-12,15H2,1-3H3,(H,21,23)(H,22,27). The van der Waals surface area contributed by atoms with Crippen molar-refractivity contribution in [3.63, 3.8) is 0 Å². The summed E-state index contributed by atoms with van der Waals surface area (Å²) in [4.78, 5) is 18.8. The van der Waals surface area contributed by atoms with E-state index in [1.807, 2.05) is 33.3 Å². The third-order valence-electron chi connectivity index (χ3n) is 4.14. The monoisotopic (exact) mass is 371 g/mol. The van der Waals surface area contributed by atoms with Gasteiger partial charge in [0.2, 0.25) is 0 Å². The van der Waals surface area contributed by atoms with Gasteiger partial charge < -0.3 is 25.2 Å². The lowest BCUT2D eigenvalue weighted by atomic mass is 10.2. The molecule has 0 unspecified atom stereocenters. The van der Waals surface area contributed by atoms with Gasteiger partial charge in [-0.3, -0.25) is 9.79 Å². The zero-order valence-corrected chi connectivity index (χ0v) is 16.3. The lowest BCUT2D eigenvalue weighted by molar-refractivity contribution is 0.0953. The topological polar surface area (TPSA) is 81.9 Å². The van der Waals surface area contributed by atoms with Gasteiger partial charge in [-0.25, -0.2) is 0 Å². The minimum atomic E-state index is -0.192. The number of carbonyl (C=O) groups is 1. The highest BCUT2D eigenvalue weighted by Crippen LogP contribution is 2.10. The second kappa shape index (κ2) is 10.3. The third kappa shape index (κ3) is 6.36. The fourth-order valence-electron chi connectivity index (χ4n) is 2.66. The molecule has 0 saturated heterocycles. The van der Waals surface area contributed by atoms with Crippen molar-refractivity contribution in [3.8, 4) is 5.75 Å². The highest BCUT2D eigenvalue weighted by Gasteiger charge is 2.08. The number of aryl methyl sites for hydroxylation is 1.